The van der Waals surface area contributed by atoms with E-state index < -0.39 is 0 Å². The van der Waals surface area contributed by atoms with Crippen molar-refractivity contribution in [3.8, 4) is 11.5 Å². The first-order valence-corrected chi connectivity index (χ1v) is 7.43. The number of carbonyl (C=O) groups excluding carboxylic acids is 1. The van der Waals surface area contributed by atoms with E-state index in [1.807, 2.05) is 30.0 Å². The summed E-state index contributed by atoms with van der Waals surface area (Å²) in [5.41, 5.74) is 2.74. The molecule has 0 aliphatic carbocycles. The number of amides is 1. The summed E-state index contributed by atoms with van der Waals surface area (Å²) in [4.78, 5) is 18.8. The lowest BCUT2D eigenvalue weighted by Crippen LogP contribution is -2.28. The van der Waals surface area contributed by atoms with Crippen LogP contribution in [0.1, 0.15) is 29.0 Å². The molecule has 1 amide bonds. The third kappa shape index (κ3) is 2.07. The monoisotopic (exact) mass is 296 g/mol. The van der Waals surface area contributed by atoms with Crippen molar-refractivity contribution in [3.05, 3.63) is 41.9 Å². The fraction of sp³-hybridized carbons (Fsp3) is 0.312. The van der Waals surface area contributed by atoms with Crippen LogP contribution in [0, 0.1) is 6.92 Å². The van der Waals surface area contributed by atoms with E-state index in [2.05, 4.69) is 10.1 Å². The number of hydrogen-bond donors (Lipinski definition) is 0. The summed E-state index contributed by atoms with van der Waals surface area (Å²) in [6.45, 7) is 3.57. The van der Waals surface area contributed by atoms with Crippen molar-refractivity contribution in [2.75, 3.05) is 13.1 Å². The van der Waals surface area contributed by atoms with Crippen molar-refractivity contribution in [2.45, 2.75) is 19.8 Å². The van der Waals surface area contributed by atoms with Gasteiger partial charge in [0.25, 0.3) is 5.91 Å². The number of likely N-dealkylation sites (tertiary alicyclic amines) is 1. The topological polar surface area (TPSA) is 63.6 Å². The van der Waals surface area contributed by atoms with Gasteiger partial charge in [0.05, 0.1) is 6.26 Å². The van der Waals surface area contributed by atoms with E-state index in [4.69, 9.17) is 4.42 Å². The molecule has 0 saturated carbocycles. The Hall–Kier alpha value is -2.63. The van der Waals surface area contributed by atoms with Gasteiger partial charge in [-0.3, -0.25) is 4.79 Å². The van der Waals surface area contributed by atoms with Gasteiger partial charge in [-0.05, 0) is 38.0 Å². The summed E-state index contributed by atoms with van der Waals surface area (Å²) in [6, 6.07) is 7.31. The molecule has 1 aliphatic heterocycles. The molecule has 3 aromatic heterocycles. The third-order valence-corrected chi connectivity index (χ3v) is 3.99. The molecule has 0 spiro atoms. The molecular formula is C16H16N4O2. The number of rotatable bonds is 2. The van der Waals surface area contributed by atoms with Gasteiger partial charge >= 0.3 is 0 Å². The predicted molar refractivity (Wildman–Crippen MR) is 80.6 cm³/mol. The number of nitrogens with zero attached hydrogens (tertiary/aromatic N) is 4. The van der Waals surface area contributed by atoms with E-state index in [0.717, 1.165) is 31.6 Å². The van der Waals surface area contributed by atoms with E-state index in [1.165, 1.54) is 0 Å². The average molecular weight is 296 g/mol. The summed E-state index contributed by atoms with van der Waals surface area (Å²) < 4.78 is 7.10. The van der Waals surface area contributed by atoms with Crippen LogP contribution >= 0.6 is 0 Å². The Balaban J connectivity index is 1.77. The van der Waals surface area contributed by atoms with Crippen molar-refractivity contribution < 1.29 is 9.21 Å². The lowest BCUT2D eigenvalue weighted by molar-refractivity contribution is 0.0787. The Morgan fingerprint density at radius 3 is 2.82 bits per heavy atom. The second-order valence-electron chi connectivity index (χ2n) is 5.56. The molecule has 1 fully saturated rings. The number of aryl methyl sites for hydroxylation is 1. The number of aromatic nitrogens is 3. The quantitative estimate of drug-likeness (QED) is 0.729. The van der Waals surface area contributed by atoms with Gasteiger partial charge in [0, 0.05) is 24.8 Å². The molecule has 112 valence electrons. The predicted octanol–water partition coefficient (Wildman–Crippen LogP) is 2.53. The van der Waals surface area contributed by atoms with Gasteiger partial charge in [-0.2, -0.15) is 5.10 Å². The molecule has 1 saturated heterocycles. The molecule has 4 rings (SSSR count). The second kappa shape index (κ2) is 4.98. The van der Waals surface area contributed by atoms with Crippen LogP contribution in [0.5, 0.6) is 0 Å². The zero-order chi connectivity index (χ0) is 15.1. The molecule has 1 aliphatic rings. The van der Waals surface area contributed by atoms with Crippen molar-refractivity contribution in [2.24, 2.45) is 0 Å². The fourth-order valence-corrected chi connectivity index (χ4v) is 2.86. The number of fused-ring (bicyclic) bond motifs is 1. The lowest BCUT2D eigenvalue weighted by Gasteiger charge is -2.14. The SMILES string of the molecule is Cc1cc(C(=O)N2CCCC2)nc2cc(-c3ccco3)nn12. The molecule has 0 N–H and O–H groups in total. The summed E-state index contributed by atoms with van der Waals surface area (Å²) in [5, 5.41) is 4.49. The summed E-state index contributed by atoms with van der Waals surface area (Å²) >= 11 is 0. The smallest absolute Gasteiger partial charge is 0.272 e. The molecule has 0 unspecified atom stereocenters. The minimum absolute atomic E-state index is 0.00356. The maximum Gasteiger partial charge on any atom is 0.272 e. The van der Waals surface area contributed by atoms with Gasteiger partial charge in [0.1, 0.15) is 11.4 Å². The zero-order valence-corrected chi connectivity index (χ0v) is 12.3. The van der Waals surface area contributed by atoms with Crippen LogP contribution < -0.4 is 0 Å². The molecule has 3 aromatic rings. The van der Waals surface area contributed by atoms with Gasteiger partial charge in [-0.1, -0.05) is 0 Å². The molecule has 0 bridgehead atoms. The Kier molecular flexibility index (Phi) is 2.96. The highest BCUT2D eigenvalue weighted by Crippen LogP contribution is 2.21. The first kappa shape index (κ1) is 13.1. The van der Waals surface area contributed by atoms with Crippen molar-refractivity contribution >= 4 is 11.6 Å². The highest BCUT2D eigenvalue weighted by molar-refractivity contribution is 5.93. The highest BCUT2D eigenvalue weighted by atomic mass is 16.3. The van der Waals surface area contributed by atoms with Crippen LogP contribution in [0.15, 0.2) is 34.9 Å². The van der Waals surface area contributed by atoms with Gasteiger partial charge in [-0.25, -0.2) is 9.50 Å². The number of furan rings is 1. The molecule has 6 nitrogen and oxygen atoms in total. The summed E-state index contributed by atoms with van der Waals surface area (Å²) in [5.74, 6) is 0.696. The third-order valence-electron chi connectivity index (χ3n) is 3.99. The van der Waals surface area contributed by atoms with Crippen LogP contribution in [-0.2, 0) is 0 Å². The number of hydrogen-bond acceptors (Lipinski definition) is 4. The largest absolute Gasteiger partial charge is 0.463 e. The maximum atomic E-state index is 12.5. The maximum absolute atomic E-state index is 12.5. The minimum Gasteiger partial charge on any atom is -0.463 e. The molecule has 0 aromatic carbocycles. The van der Waals surface area contributed by atoms with Crippen LogP contribution in [-0.4, -0.2) is 38.5 Å². The van der Waals surface area contributed by atoms with E-state index in [0.29, 0.717) is 22.8 Å². The van der Waals surface area contributed by atoms with Crippen molar-refractivity contribution in [1.29, 1.82) is 0 Å². The summed E-state index contributed by atoms with van der Waals surface area (Å²) in [6.07, 6.45) is 3.76. The Morgan fingerprint density at radius 2 is 2.09 bits per heavy atom. The van der Waals surface area contributed by atoms with E-state index in [1.54, 1.807) is 16.8 Å². The number of carbonyl (C=O) groups is 1. The lowest BCUT2D eigenvalue weighted by atomic mass is 10.3. The van der Waals surface area contributed by atoms with Gasteiger partial charge in [0.2, 0.25) is 0 Å². The Bertz CT molecular complexity index is 829. The molecule has 6 heteroatoms. The highest BCUT2D eigenvalue weighted by Gasteiger charge is 2.22. The normalized spacial score (nSPS) is 14.9. The van der Waals surface area contributed by atoms with Crippen molar-refractivity contribution in [3.63, 3.8) is 0 Å². The van der Waals surface area contributed by atoms with E-state index >= 15 is 0 Å². The fourth-order valence-electron chi connectivity index (χ4n) is 2.86. The van der Waals surface area contributed by atoms with Crippen LogP contribution in [0.2, 0.25) is 0 Å². The molecule has 4 heterocycles. The summed E-state index contributed by atoms with van der Waals surface area (Å²) in [7, 11) is 0. The average Bonchev–Trinajstić information content (AvgIpc) is 3.25. The van der Waals surface area contributed by atoms with Crippen LogP contribution in [0.4, 0.5) is 0 Å². The van der Waals surface area contributed by atoms with E-state index in [9.17, 15) is 4.79 Å². The zero-order valence-electron chi connectivity index (χ0n) is 12.3. The molecular weight excluding hydrogens is 280 g/mol. The van der Waals surface area contributed by atoms with Crippen molar-refractivity contribution in [1.82, 2.24) is 19.5 Å². The van der Waals surface area contributed by atoms with Gasteiger partial charge in [0.15, 0.2) is 11.4 Å². The van der Waals surface area contributed by atoms with Gasteiger partial charge < -0.3 is 9.32 Å². The molecule has 22 heavy (non-hydrogen) atoms. The van der Waals surface area contributed by atoms with Crippen LogP contribution in [0.3, 0.4) is 0 Å². The Labute approximate surface area is 127 Å². The standard InChI is InChI=1S/C16H16N4O2/c1-11-9-13(16(21)19-6-2-3-7-19)17-15-10-12(18-20(11)15)14-5-4-8-22-14/h4-5,8-10H,2-3,6-7H2,1H3. The molecule has 0 radical (unpaired) electrons. The first-order chi connectivity index (χ1) is 10.7. The van der Waals surface area contributed by atoms with Gasteiger partial charge in [-0.15, -0.1) is 0 Å². The first-order valence-electron chi connectivity index (χ1n) is 7.43. The molecule has 0 atom stereocenters. The Morgan fingerprint density at radius 1 is 1.27 bits per heavy atom. The minimum atomic E-state index is 0.00356. The second-order valence-corrected chi connectivity index (χ2v) is 5.56. The van der Waals surface area contributed by atoms with Crippen LogP contribution in [0.25, 0.3) is 17.1 Å². The van der Waals surface area contributed by atoms with E-state index in [-0.39, 0.29) is 5.91 Å².